The van der Waals surface area contributed by atoms with Gasteiger partial charge in [-0.25, -0.2) is 4.79 Å². The molecule has 1 aromatic carbocycles. The Bertz CT molecular complexity index is 1070. The molecule has 0 unspecified atom stereocenters. The van der Waals surface area contributed by atoms with Gasteiger partial charge in [0.25, 0.3) is 5.91 Å². The average molecular weight is 440 g/mol. The predicted octanol–water partition coefficient (Wildman–Crippen LogP) is 2.30. The van der Waals surface area contributed by atoms with Crippen LogP contribution in [0.5, 0.6) is 11.5 Å². The molecule has 3 aliphatic rings. The highest BCUT2D eigenvalue weighted by atomic mass is 16.5. The number of rotatable bonds is 4. The van der Waals surface area contributed by atoms with Gasteiger partial charge in [-0.15, -0.1) is 0 Å². The van der Waals surface area contributed by atoms with Crippen LogP contribution in [0.25, 0.3) is 0 Å². The number of methoxy groups -OCH3 is 3. The Morgan fingerprint density at radius 2 is 1.81 bits per heavy atom. The van der Waals surface area contributed by atoms with Gasteiger partial charge in [-0.05, 0) is 29.5 Å². The van der Waals surface area contributed by atoms with E-state index in [0.717, 1.165) is 5.70 Å². The minimum atomic E-state index is -0.740. The molecule has 2 aliphatic heterocycles. The van der Waals surface area contributed by atoms with Crippen molar-refractivity contribution in [3.8, 4) is 11.5 Å². The molecular formula is C24H28N2O6. The lowest BCUT2D eigenvalue weighted by Crippen LogP contribution is -2.51. The van der Waals surface area contributed by atoms with E-state index in [4.69, 9.17) is 14.2 Å². The summed E-state index contributed by atoms with van der Waals surface area (Å²) in [6.45, 7) is 5.01. The summed E-state index contributed by atoms with van der Waals surface area (Å²) in [6.07, 6.45) is 0.989. The molecule has 0 spiro atoms. The molecule has 0 radical (unpaired) electrons. The lowest BCUT2D eigenvalue weighted by atomic mass is 9.67. The number of benzene rings is 1. The van der Waals surface area contributed by atoms with Crippen molar-refractivity contribution in [2.45, 2.75) is 32.6 Å². The molecule has 1 fully saturated rings. The van der Waals surface area contributed by atoms with Crippen molar-refractivity contribution in [3.05, 3.63) is 46.3 Å². The SMILES string of the molecule is COC(=O)C1=C2C(=O)NCCN2C2=C(C(=O)CC(C)(C)C2)[C@H]1c1ccc(OC)c(OC)c1. The zero-order valence-electron chi connectivity index (χ0n) is 19.0. The highest BCUT2D eigenvalue weighted by molar-refractivity contribution is 6.09. The summed E-state index contributed by atoms with van der Waals surface area (Å²) >= 11 is 0. The van der Waals surface area contributed by atoms with E-state index >= 15 is 0 Å². The predicted molar refractivity (Wildman–Crippen MR) is 116 cm³/mol. The van der Waals surface area contributed by atoms with Gasteiger partial charge in [-0.1, -0.05) is 19.9 Å². The van der Waals surface area contributed by atoms with Gasteiger partial charge in [0.2, 0.25) is 0 Å². The maximum absolute atomic E-state index is 13.5. The molecule has 8 heteroatoms. The van der Waals surface area contributed by atoms with Gasteiger partial charge in [-0.2, -0.15) is 0 Å². The number of nitrogens with zero attached hydrogens (tertiary/aromatic N) is 1. The van der Waals surface area contributed by atoms with Crippen LogP contribution in [0.3, 0.4) is 0 Å². The molecule has 1 saturated heterocycles. The standard InChI is InChI=1S/C24H28N2O6/c1-24(2)11-14-19(15(27)12-24)18(13-6-7-16(30-3)17(10-13)31-4)20(23(29)32-5)21-22(28)25-8-9-26(14)21/h6-7,10,18H,8-9,11-12H2,1-5H3,(H,25,28)/t18-/m1/s1. The minimum Gasteiger partial charge on any atom is -0.493 e. The van der Waals surface area contributed by atoms with E-state index in [1.54, 1.807) is 18.2 Å². The van der Waals surface area contributed by atoms with Crippen molar-refractivity contribution >= 4 is 17.7 Å². The van der Waals surface area contributed by atoms with Gasteiger partial charge in [-0.3, -0.25) is 9.59 Å². The number of carbonyl (C=O) groups excluding carboxylic acids is 3. The Hall–Kier alpha value is -3.29. The molecule has 0 aromatic heterocycles. The maximum atomic E-state index is 13.5. The van der Waals surface area contributed by atoms with Gasteiger partial charge in [0.05, 0.1) is 26.9 Å². The van der Waals surface area contributed by atoms with E-state index in [-0.39, 0.29) is 28.4 Å². The second-order valence-corrected chi connectivity index (χ2v) is 9.01. The maximum Gasteiger partial charge on any atom is 0.337 e. The van der Waals surface area contributed by atoms with Crippen molar-refractivity contribution in [2.24, 2.45) is 5.41 Å². The molecule has 1 N–H and O–H groups in total. The first kappa shape index (κ1) is 21.9. The van der Waals surface area contributed by atoms with E-state index in [1.165, 1.54) is 21.3 Å². The minimum absolute atomic E-state index is 0.0255. The normalized spacial score (nSPS) is 22.2. The number of allylic oxidation sites excluding steroid dienone is 2. The lowest BCUT2D eigenvalue weighted by Gasteiger charge is -2.46. The highest BCUT2D eigenvalue weighted by Crippen LogP contribution is 2.51. The van der Waals surface area contributed by atoms with Gasteiger partial charge in [0, 0.05) is 36.7 Å². The van der Waals surface area contributed by atoms with E-state index in [1.807, 2.05) is 18.7 Å². The Labute approximate surface area is 187 Å². The van der Waals surface area contributed by atoms with Gasteiger partial charge < -0.3 is 24.4 Å². The first-order valence-electron chi connectivity index (χ1n) is 10.6. The summed E-state index contributed by atoms with van der Waals surface area (Å²) in [5, 5.41) is 2.83. The van der Waals surface area contributed by atoms with Crippen LogP contribution >= 0.6 is 0 Å². The summed E-state index contributed by atoms with van der Waals surface area (Å²) in [6, 6.07) is 5.28. The molecule has 2 heterocycles. The monoisotopic (exact) mass is 440 g/mol. The molecule has 0 bridgehead atoms. The van der Waals surface area contributed by atoms with E-state index in [9.17, 15) is 14.4 Å². The average Bonchev–Trinajstić information content (AvgIpc) is 2.76. The second-order valence-electron chi connectivity index (χ2n) is 9.01. The van der Waals surface area contributed by atoms with E-state index in [2.05, 4.69) is 5.32 Å². The lowest BCUT2D eigenvalue weighted by molar-refractivity contribution is -0.137. The smallest absolute Gasteiger partial charge is 0.337 e. The van der Waals surface area contributed by atoms with Gasteiger partial charge in [0.1, 0.15) is 5.70 Å². The topological polar surface area (TPSA) is 94.2 Å². The molecule has 0 saturated carbocycles. The molecule has 1 atom stereocenters. The van der Waals surface area contributed by atoms with Crippen molar-refractivity contribution in [2.75, 3.05) is 34.4 Å². The quantitative estimate of drug-likeness (QED) is 0.718. The third-order valence-corrected chi connectivity index (χ3v) is 6.31. The zero-order valence-corrected chi connectivity index (χ0v) is 19.0. The number of hydrogen-bond donors (Lipinski definition) is 1. The molecular weight excluding hydrogens is 412 g/mol. The molecule has 170 valence electrons. The summed E-state index contributed by atoms with van der Waals surface area (Å²) in [4.78, 5) is 41.4. The third kappa shape index (κ3) is 3.43. The number of amides is 1. The zero-order chi connectivity index (χ0) is 23.2. The molecule has 8 nitrogen and oxygen atoms in total. The number of ketones is 1. The van der Waals surface area contributed by atoms with Gasteiger partial charge in [0.15, 0.2) is 17.3 Å². The molecule has 32 heavy (non-hydrogen) atoms. The van der Waals surface area contributed by atoms with Gasteiger partial charge >= 0.3 is 5.97 Å². The number of esters is 1. The van der Waals surface area contributed by atoms with Crippen LogP contribution in [0.2, 0.25) is 0 Å². The third-order valence-electron chi connectivity index (χ3n) is 6.31. The number of Topliss-reactive ketones (excluding diaryl/α,β-unsaturated/α-hetero) is 1. The van der Waals surface area contributed by atoms with Crippen LogP contribution in [-0.4, -0.2) is 57.0 Å². The molecule has 4 rings (SSSR count). The Morgan fingerprint density at radius 3 is 2.47 bits per heavy atom. The number of carbonyl (C=O) groups is 3. The first-order chi connectivity index (χ1) is 15.2. The molecule has 1 amide bonds. The van der Waals surface area contributed by atoms with E-state index in [0.29, 0.717) is 48.6 Å². The Balaban J connectivity index is 2.02. The van der Waals surface area contributed by atoms with Crippen molar-refractivity contribution < 1.29 is 28.6 Å². The number of piperazine rings is 1. The number of ether oxygens (including phenoxy) is 3. The number of hydrogen-bond acceptors (Lipinski definition) is 7. The Kier molecular flexibility index (Phi) is 5.48. The first-order valence-corrected chi connectivity index (χ1v) is 10.6. The summed E-state index contributed by atoms with van der Waals surface area (Å²) in [7, 11) is 4.34. The van der Waals surface area contributed by atoms with Crippen LogP contribution < -0.4 is 14.8 Å². The van der Waals surface area contributed by atoms with Crippen LogP contribution in [0, 0.1) is 5.41 Å². The molecule has 1 aliphatic carbocycles. The van der Waals surface area contributed by atoms with Crippen LogP contribution in [0.15, 0.2) is 40.7 Å². The van der Waals surface area contributed by atoms with E-state index < -0.39 is 11.9 Å². The summed E-state index contributed by atoms with van der Waals surface area (Å²) in [5.41, 5.74) is 2.20. The second kappa shape index (κ2) is 8.00. The fourth-order valence-electron chi connectivity index (χ4n) is 4.98. The molecule has 1 aromatic rings. The van der Waals surface area contributed by atoms with Crippen molar-refractivity contribution in [1.82, 2.24) is 10.2 Å². The summed E-state index contributed by atoms with van der Waals surface area (Å²) < 4.78 is 15.9. The number of nitrogens with one attached hydrogen (secondary N) is 1. The Morgan fingerprint density at radius 1 is 1.09 bits per heavy atom. The highest BCUT2D eigenvalue weighted by Gasteiger charge is 2.48. The van der Waals surface area contributed by atoms with Crippen molar-refractivity contribution in [3.63, 3.8) is 0 Å². The summed E-state index contributed by atoms with van der Waals surface area (Å²) in [5.74, 6) is -0.740. The number of fused-ring (bicyclic) bond motifs is 2. The van der Waals surface area contributed by atoms with Crippen molar-refractivity contribution in [1.29, 1.82) is 0 Å². The van der Waals surface area contributed by atoms with Crippen LogP contribution in [0.1, 0.15) is 38.2 Å². The fraction of sp³-hybridized carbons (Fsp3) is 0.458. The van der Waals surface area contributed by atoms with Crippen LogP contribution in [-0.2, 0) is 19.1 Å². The van der Waals surface area contributed by atoms with Crippen LogP contribution in [0.4, 0.5) is 0 Å². The fourth-order valence-corrected chi connectivity index (χ4v) is 4.98. The largest absolute Gasteiger partial charge is 0.493 e.